The van der Waals surface area contributed by atoms with Crippen LogP contribution in [0.5, 0.6) is 0 Å². The minimum Gasteiger partial charge on any atom is -0.333 e. The van der Waals surface area contributed by atoms with Gasteiger partial charge in [0, 0.05) is 10.7 Å². The van der Waals surface area contributed by atoms with Gasteiger partial charge in [-0.2, -0.15) is 14.8 Å². The Bertz CT molecular complexity index is 1170. The molecular formula is C18H15ClN6OS. The van der Waals surface area contributed by atoms with Crippen molar-refractivity contribution in [2.75, 3.05) is 17.4 Å². The summed E-state index contributed by atoms with van der Waals surface area (Å²) in [5.41, 5.74) is 1.58. The van der Waals surface area contributed by atoms with Gasteiger partial charge in [-0.25, -0.2) is 4.68 Å². The van der Waals surface area contributed by atoms with Gasteiger partial charge in [0.15, 0.2) is 5.65 Å². The molecule has 0 fully saturated rings. The summed E-state index contributed by atoms with van der Waals surface area (Å²) >= 11 is 7.29. The summed E-state index contributed by atoms with van der Waals surface area (Å²) in [6.07, 6.45) is 1.86. The maximum atomic E-state index is 12.9. The van der Waals surface area contributed by atoms with Gasteiger partial charge in [-0.1, -0.05) is 29.8 Å². The Morgan fingerprint density at radius 1 is 1.11 bits per heavy atom. The summed E-state index contributed by atoms with van der Waals surface area (Å²) in [5, 5.41) is 9.17. The van der Waals surface area contributed by atoms with Crippen LogP contribution in [0.1, 0.15) is 0 Å². The highest BCUT2D eigenvalue weighted by Gasteiger charge is 2.20. The number of fused-ring (bicyclic) bond motifs is 1. The van der Waals surface area contributed by atoms with Gasteiger partial charge in [-0.15, -0.1) is 11.8 Å². The number of para-hydroxylation sites is 1. The van der Waals surface area contributed by atoms with Crippen LogP contribution in [0.15, 0.2) is 64.4 Å². The first-order chi connectivity index (χ1) is 13.1. The molecule has 0 spiro atoms. The summed E-state index contributed by atoms with van der Waals surface area (Å²) < 4.78 is 2.64. The van der Waals surface area contributed by atoms with Crippen LogP contribution in [-0.2, 0) is 0 Å². The van der Waals surface area contributed by atoms with E-state index in [1.165, 1.54) is 11.8 Å². The van der Waals surface area contributed by atoms with Crippen LogP contribution in [0.3, 0.4) is 0 Å². The van der Waals surface area contributed by atoms with Crippen molar-refractivity contribution in [2.45, 2.75) is 5.03 Å². The van der Waals surface area contributed by atoms with Crippen molar-refractivity contribution in [1.29, 1.82) is 0 Å². The molecule has 2 aromatic carbocycles. The number of nitrogens with zero attached hydrogens (tertiary/aromatic N) is 4. The van der Waals surface area contributed by atoms with Gasteiger partial charge in [0.25, 0.3) is 5.56 Å². The highest BCUT2D eigenvalue weighted by Crippen LogP contribution is 2.26. The molecule has 0 radical (unpaired) electrons. The molecule has 2 heterocycles. The summed E-state index contributed by atoms with van der Waals surface area (Å²) in [4.78, 5) is 17.5. The standard InChI is InChI=1S/C18H15ClN6OS/c1-27-16-14-15(25(23-16)13-5-3-2-4-6-13)22-18(24(20)17(14)26)21-12-9-7-11(19)8-10-12/h2-10H,20H2,1H3,(H,21,22). The Labute approximate surface area is 163 Å². The quantitative estimate of drug-likeness (QED) is 0.404. The van der Waals surface area contributed by atoms with E-state index < -0.39 is 0 Å². The maximum Gasteiger partial charge on any atom is 0.285 e. The molecule has 27 heavy (non-hydrogen) atoms. The van der Waals surface area contributed by atoms with Crippen LogP contribution < -0.4 is 16.7 Å². The lowest BCUT2D eigenvalue weighted by Gasteiger charge is -2.10. The van der Waals surface area contributed by atoms with Crippen LogP contribution in [0.4, 0.5) is 11.6 Å². The lowest BCUT2D eigenvalue weighted by molar-refractivity contribution is 0.849. The number of benzene rings is 2. The Kier molecular flexibility index (Phi) is 4.51. The minimum absolute atomic E-state index is 0.208. The van der Waals surface area contributed by atoms with Crippen LogP contribution in [0.2, 0.25) is 5.02 Å². The molecule has 0 saturated carbocycles. The molecular weight excluding hydrogens is 384 g/mol. The van der Waals surface area contributed by atoms with E-state index in [4.69, 9.17) is 17.4 Å². The third-order valence-electron chi connectivity index (χ3n) is 4.00. The number of anilines is 2. The van der Waals surface area contributed by atoms with Crippen LogP contribution in [0, 0.1) is 0 Å². The molecule has 0 saturated heterocycles. The molecule has 0 aliphatic carbocycles. The van der Waals surface area contributed by atoms with Crippen molar-refractivity contribution < 1.29 is 0 Å². The van der Waals surface area contributed by atoms with E-state index in [9.17, 15) is 4.79 Å². The van der Waals surface area contributed by atoms with Gasteiger partial charge >= 0.3 is 0 Å². The summed E-state index contributed by atoms with van der Waals surface area (Å²) in [5.74, 6) is 6.21. The fraction of sp³-hybridized carbons (Fsp3) is 0.0556. The fourth-order valence-corrected chi connectivity index (χ4v) is 3.37. The van der Waals surface area contributed by atoms with Gasteiger partial charge < -0.3 is 11.2 Å². The van der Waals surface area contributed by atoms with Gasteiger partial charge in [-0.05, 0) is 42.7 Å². The Hall–Kier alpha value is -2.97. The van der Waals surface area contributed by atoms with Crippen LogP contribution in [-0.4, -0.2) is 25.7 Å². The molecule has 0 atom stereocenters. The highest BCUT2D eigenvalue weighted by atomic mass is 35.5. The van der Waals surface area contributed by atoms with Gasteiger partial charge in [0.2, 0.25) is 5.95 Å². The molecule has 0 unspecified atom stereocenters. The zero-order valence-corrected chi connectivity index (χ0v) is 15.8. The molecule has 0 bridgehead atoms. The molecule has 7 nitrogen and oxygen atoms in total. The van der Waals surface area contributed by atoms with Crippen molar-refractivity contribution in [3.05, 3.63) is 70.0 Å². The molecule has 0 amide bonds. The molecule has 9 heteroatoms. The number of nitrogens with one attached hydrogen (secondary N) is 1. The Morgan fingerprint density at radius 2 is 1.81 bits per heavy atom. The van der Waals surface area contributed by atoms with Crippen molar-refractivity contribution in [1.82, 2.24) is 19.4 Å². The van der Waals surface area contributed by atoms with Gasteiger partial charge in [0.05, 0.1) is 5.69 Å². The van der Waals surface area contributed by atoms with Crippen molar-refractivity contribution in [3.63, 3.8) is 0 Å². The Morgan fingerprint density at radius 3 is 2.48 bits per heavy atom. The number of aromatic nitrogens is 4. The second-order valence-corrected chi connectivity index (χ2v) is 6.93. The van der Waals surface area contributed by atoms with Crippen LogP contribution in [0.25, 0.3) is 16.7 Å². The Balaban J connectivity index is 1.93. The van der Waals surface area contributed by atoms with E-state index in [0.29, 0.717) is 26.8 Å². The highest BCUT2D eigenvalue weighted by molar-refractivity contribution is 7.98. The third-order valence-corrected chi connectivity index (χ3v) is 4.92. The summed E-state index contributed by atoms with van der Waals surface area (Å²) in [6, 6.07) is 16.6. The molecule has 0 aliphatic heterocycles. The summed E-state index contributed by atoms with van der Waals surface area (Å²) in [6.45, 7) is 0. The topological polar surface area (TPSA) is 90.8 Å². The zero-order valence-electron chi connectivity index (χ0n) is 14.3. The van der Waals surface area contributed by atoms with E-state index in [0.717, 1.165) is 10.4 Å². The van der Waals surface area contributed by atoms with Crippen molar-refractivity contribution >= 4 is 46.0 Å². The first-order valence-electron chi connectivity index (χ1n) is 8.01. The number of nitrogen functional groups attached to an aromatic ring is 1. The van der Waals surface area contributed by atoms with E-state index in [2.05, 4.69) is 15.4 Å². The summed E-state index contributed by atoms with van der Waals surface area (Å²) in [7, 11) is 0. The molecule has 4 aromatic rings. The van der Waals surface area contributed by atoms with Gasteiger partial charge in [-0.3, -0.25) is 4.79 Å². The van der Waals surface area contributed by atoms with E-state index in [-0.39, 0.29) is 11.5 Å². The SMILES string of the molecule is CSc1nn(-c2ccccc2)c2nc(Nc3ccc(Cl)cc3)n(N)c(=O)c12. The third kappa shape index (κ3) is 3.13. The predicted octanol–water partition coefficient (Wildman–Crippen LogP) is 3.41. The molecule has 2 aromatic heterocycles. The monoisotopic (exact) mass is 398 g/mol. The van der Waals surface area contributed by atoms with Crippen molar-refractivity contribution in [3.8, 4) is 5.69 Å². The van der Waals surface area contributed by atoms with Gasteiger partial charge in [0.1, 0.15) is 10.4 Å². The largest absolute Gasteiger partial charge is 0.333 e. The number of thioether (sulfide) groups is 1. The minimum atomic E-state index is -0.372. The first kappa shape index (κ1) is 17.4. The molecule has 0 aliphatic rings. The molecule has 136 valence electrons. The van der Waals surface area contributed by atoms with Crippen LogP contribution >= 0.6 is 23.4 Å². The predicted molar refractivity (Wildman–Crippen MR) is 110 cm³/mol. The lowest BCUT2D eigenvalue weighted by atomic mass is 10.3. The molecule has 3 N–H and O–H groups in total. The zero-order chi connectivity index (χ0) is 19.0. The average Bonchev–Trinajstić information content (AvgIpc) is 3.07. The average molecular weight is 399 g/mol. The lowest BCUT2D eigenvalue weighted by Crippen LogP contribution is -2.30. The van der Waals surface area contributed by atoms with E-state index in [1.54, 1.807) is 28.9 Å². The normalized spacial score (nSPS) is 11.0. The maximum absolute atomic E-state index is 12.9. The molecule has 4 rings (SSSR count). The second-order valence-electron chi connectivity index (χ2n) is 5.70. The number of nitrogens with two attached hydrogens (primary N) is 1. The number of halogens is 1. The van der Waals surface area contributed by atoms with E-state index >= 15 is 0 Å². The smallest absolute Gasteiger partial charge is 0.285 e. The number of rotatable bonds is 4. The number of hydrogen-bond acceptors (Lipinski definition) is 6. The number of hydrogen-bond donors (Lipinski definition) is 2. The van der Waals surface area contributed by atoms with E-state index in [1.807, 2.05) is 36.6 Å². The fourth-order valence-electron chi connectivity index (χ4n) is 2.69. The second kappa shape index (κ2) is 6.98. The van der Waals surface area contributed by atoms with Crippen molar-refractivity contribution in [2.24, 2.45) is 0 Å². The first-order valence-corrected chi connectivity index (χ1v) is 9.61.